The molecule has 6 heteroatoms. The molecule has 0 bridgehead atoms. The van der Waals surface area contributed by atoms with Crippen LogP contribution in [0.1, 0.15) is 29.8 Å². The first kappa shape index (κ1) is 18.4. The van der Waals surface area contributed by atoms with E-state index in [1.165, 1.54) is 22.6 Å². The first-order valence-electron chi connectivity index (χ1n) is 9.74. The van der Waals surface area contributed by atoms with E-state index >= 15 is 0 Å². The van der Waals surface area contributed by atoms with Gasteiger partial charge in [0.15, 0.2) is 0 Å². The molecule has 4 nitrogen and oxygen atoms in total. The number of anilines is 1. The molecular formula is C21H26FN3OS. The molecule has 0 N–H and O–H groups in total. The van der Waals surface area contributed by atoms with E-state index in [0.717, 1.165) is 51.3 Å². The number of halogens is 1. The zero-order valence-corrected chi connectivity index (χ0v) is 16.6. The summed E-state index contributed by atoms with van der Waals surface area (Å²) in [4.78, 5) is 21.0. The van der Waals surface area contributed by atoms with Crippen molar-refractivity contribution < 1.29 is 9.18 Å². The molecular weight excluding hydrogens is 361 g/mol. The van der Waals surface area contributed by atoms with Crippen LogP contribution in [0.15, 0.2) is 35.7 Å². The number of benzene rings is 1. The Balaban J connectivity index is 1.34. The van der Waals surface area contributed by atoms with E-state index in [4.69, 9.17) is 0 Å². The molecule has 27 heavy (non-hydrogen) atoms. The van der Waals surface area contributed by atoms with E-state index in [1.54, 1.807) is 0 Å². The lowest BCUT2D eigenvalue weighted by Gasteiger charge is -2.39. The summed E-state index contributed by atoms with van der Waals surface area (Å²) in [5.74, 6) is 0.0395. The highest BCUT2D eigenvalue weighted by atomic mass is 32.1. The predicted octanol–water partition coefficient (Wildman–Crippen LogP) is 3.55. The maximum Gasteiger partial charge on any atom is 0.237 e. The Bertz CT molecular complexity index is 783. The average Bonchev–Trinajstić information content (AvgIpc) is 3.17. The first-order chi connectivity index (χ1) is 13.2. The van der Waals surface area contributed by atoms with Gasteiger partial charge in [0.05, 0.1) is 12.6 Å². The minimum Gasteiger partial charge on any atom is -0.369 e. The lowest BCUT2D eigenvalue weighted by atomic mass is 9.97. The molecule has 1 aromatic heterocycles. The molecule has 1 saturated heterocycles. The number of piperazine rings is 1. The molecule has 0 spiro atoms. The standard InChI is InChI=1S/C21H26FN3OS/c1-2-19-18-8-14-27-20(18)7-9-25(19)21(26)15-23-10-12-24(13-11-23)17-5-3-16(22)4-6-17/h3-6,8,14,19H,2,7,9-13,15H2,1H3. The number of rotatable bonds is 4. The van der Waals surface area contributed by atoms with Crippen molar-refractivity contribution in [2.45, 2.75) is 25.8 Å². The highest BCUT2D eigenvalue weighted by Gasteiger charge is 2.31. The smallest absolute Gasteiger partial charge is 0.237 e. The van der Waals surface area contributed by atoms with Gasteiger partial charge in [0.2, 0.25) is 5.91 Å². The van der Waals surface area contributed by atoms with Crippen LogP contribution in [0.25, 0.3) is 0 Å². The van der Waals surface area contributed by atoms with Crippen LogP contribution < -0.4 is 4.90 Å². The fraction of sp³-hybridized carbons (Fsp3) is 0.476. The van der Waals surface area contributed by atoms with E-state index in [1.807, 2.05) is 23.5 Å². The third kappa shape index (κ3) is 3.87. The number of hydrogen-bond acceptors (Lipinski definition) is 4. The van der Waals surface area contributed by atoms with Gasteiger partial charge in [-0.05, 0) is 54.1 Å². The van der Waals surface area contributed by atoms with E-state index in [2.05, 4.69) is 33.1 Å². The molecule has 0 aliphatic carbocycles. The Morgan fingerprint density at radius 2 is 1.85 bits per heavy atom. The third-order valence-electron chi connectivity index (χ3n) is 5.72. The lowest BCUT2D eigenvalue weighted by Crippen LogP contribution is -2.51. The summed E-state index contributed by atoms with van der Waals surface area (Å²) >= 11 is 1.82. The molecule has 0 saturated carbocycles. The highest BCUT2D eigenvalue weighted by molar-refractivity contribution is 7.10. The average molecular weight is 388 g/mol. The van der Waals surface area contributed by atoms with Crippen molar-refractivity contribution in [1.82, 2.24) is 9.80 Å². The summed E-state index contributed by atoms with van der Waals surface area (Å²) in [6, 6.07) is 9.08. The van der Waals surface area contributed by atoms with Crippen LogP contribution in [0, 0.1) is 5.82 Å². The van der Waals surface area contributed by atoms with E-state index < -0.39 is 0 Å². The number of nitrogens with zero attached hydrogens (tertiary/aromatic N) is 3. The first-order valence-corrected chi connectivity index (χ1v) is 10.6. The predicted molar refractivity (Wildman–Crippen MR) is 108 cm³/mol. The molecule has 2 aliphatic heterocycles. The second-order valence-corrected chi connectivity index (χ2v) is 8.30. The van der Waals surface area contributed by atoms with Gasteiger partial charge in [0, 0.05) is 43.3 Å². The number of hydrogen-bond donors (Lipinski definition) is 0. The van der Waals surface area contributed by atoms with Gasteiger partial charge in [-0.25, -0.2) is 4.39 Å². The largest absolute Gasteiger partial charge is 0.369 e. The summed E-state index contributed by atoms with van der Waals surface area (Å²) in [5.41, 5.74) is 2.40. The summed E-state index contributed by atoms with van der Waals surface area (Å²) in [5, 5.41) is 2.15. The van der Waals surface area contributed by atoms with E-state index in [9.17, 15) is 9.18 Å². The van der Waals surface area contributed by atoms with Gasteiger partial charge in [-0.2, -0.15) is 0 Å². The Morgan fingerprint density at radius 1 is 1.11 bits per heavy atom. The van der Waals surface area contributed by atoms with Crippen LogP contribution in [0.3, 0.4) is 0 Å². The number of carbonyl (C=O) groups is 1. The SMILES string of the molecule is CCC1c2ccsc2CCN1C(=O)CN1CCN(c2ccc(F)cc2)CC1. The van der Waals surface area contributed by atoms with E-state index in [-0.39, 0.29) is 17.8 Å². The molecule has 3 heterocycles. The van der Waals surface area contributed by atoms with Crippen LogP contribution in [-0.4, -0.2) is 55.0 Å². The second kappa shape index (κ2) is 7.98. The Kier molecular flexibility index (Phi) is 5.45. The zero-order valence-electron chi connectivity index (χ0n) is 15.7. The molecule has 2 aromatic rings. The zero-order chi connectivity index (χ0) is 18.8. The van der Waals surface area contributed by atoms with Crippen molar-refractivity contribution in [3.8, 4) is 0 Å². The van der Waals surface area contributed by atoms with Gasteiger partial charge in [-0.3, -0.25) is 9.69 Å². The Labute approximate surface area is 164 Å². The maximum atomic E-state index is 13.1. The van der Waals surface area contributed by atoms with Gasteiger partial charge in [0.1, 0.15) is 5.82 Å². The van der Waals surface area contributed by atoms with Gasteiger partial charge in [0.25, 0.3) is 0 Å². The Hall–Kier alpha value is -1.92. The molecule has 1 unspecified atom stereocenters. The van der Waals surface area contributed by atoms with Crippen molar-refractivity contribution in [2.24, 2.45) is 0 Å². The van der Waals surface area contributed by atoms with Crippen LogP contribution in [0.2, 0.25) is 0 Å². The summed E-state index contributed by atoms with van der Waals surface area (Å²) in [6.45, 7) is 6.94. The minimum atomic E-state index is -0.205. The minimum absolute atomic E-state index is 0.205. The molecule has 2 aliphatic rings. The number of carbonyl (C=O) groups excluding carboxylic acids is 1. The van der Waals surface area contributed by atoms with Gasteiger partial charge in [-0.15, -0.1) is 11.3 Å². The fourth-order valence-electron chi connectivity index (χ4n) is 4.23. The van der Waals surface area contributed by atoms with E-state index in [0.29, 0.717) is 6.54 Å². The summed E-state index contributed by atoms with van der Waals surface area (Å²) in [6.07, 6.45) is 1.95. The van der Waals surface area contributed by atoms with Gasteiger partial charge < -0.3 is 9.80 Å². The highest BCUT2D eigenvalue weighted by Crippen LogP contribution is 2.35. The molecule has 1 fully saturated rings. The molecule has 1 aromatic carbocycles. The molecule has 4 rings (SSSR count). The quantitative estimate of drug-likeness (QED) is 0.803. The van der Waals surface area contributed by atoms with Crippen LogP contribution >= 0.6 is 11.3 Å². The van der Waals surface area contributed by atoms with Gasteiger partial charge >= 0.3 is 0 Å². The van der Waals surface area contributed by atoms with Crippen LogP contribution in [0.4, 0.5) is 10.1 Å². The number of fused-ring (bicyclic) bond motifs is 1. The van der Waals surface area contributed by atoms with Crippen molar-refractivity contribution in [2.75, 3.05) is 44.2 Å². The Morgan fingerprint density at radius 3 is 2.56 bits per heavy atom. The monoisotopic (exact) mass is 387 g/mol. The van der Waals surface area contributed by atoms with Crippen LogP contribution in [-0.2, 0) is 11.2 Å². The van der Waals surface area contributed by atoms with Crippen molar-refractivity contribution in [3.05, 3.63) is 52.0 Å². The lowest BCUT2D eigenvalue weighted by molar-refractivity contribution is -0.135. The molecule has 1 amide bonds. The number of thiophene rings is 1. The normalized spacial score (nSPS) is 20.6. The second-order valence-electron chi connectivity index (χ2n) is 7.30. The molecule has 144 valence electrons. The fourth-order valence-corrected chi connectivity index (χ4v) is 5.16. The van der Waals surface area contributed by atoms with Crippen molar-refractivity contribution in [3.63, 3.8) is 0 Å². The van der Waals surface area contributed by atoms with Crippen molar-refractivity contribution in [1.29, 1.82) is 0 Å². The topological polar surface area (TPSA) is 26.8 Å². The van der Waals surface area contributed by atoms with Crippen LogP contribution in [0.5, 0.6) is 0 Å². The number of amides is 1. The maximum absolute atomic E-state index is 13.1. The summed E-state index contributed by atoms with van der Waals surface area (Å²) < 4.78 is 13.1. The summed E-state index contributed by atoms with van der Waals surface area (Å²) in [7, 11) is 0. The third-order valence-corrected chi connectivity index (χ3v) is 6.72. The van der Waals surface area contributed by atoms with Crippen molar-refractivity contribution >= 4 is 22.9 Å². The molecule has 1 atom stereocenters. The molecule has 0 radical (unpaired) electrons. The van der Waals surface area contributed by atoms with Gasteiger partial charge in [-0.1, -0.05) is 6.92 Å².